The predicted molar refractivity (Wildman–Crippen MR) is 103 cm³/mol. The van der Waals surface area contributed by atoms with Gasteiger partial charge in [0.1, 0.15) is 5.75 Å². The Hall–Kier alpha value is -3.26. The Morgan fingerprint density at radius 1 is 1.14 bits per heavy atom. The zero-order valence-electron chi connectivity index (χ0n) is 14.7. The zero-order chi connectivity index (χ0) is 20.8. The molecular weight excluding hydrogens is 407 g/mol. The molecule has 0 radical (unpaired) electrons. The summed E-state index contributed by atoms with van der Waals surface area (Å²) < 4.78 is 40.0. The number of anilines is 1. The van der Waals surface area contributed by atoms with Crippen molar-refractivity contribution in [3.8, 4) is 5.75 Å². The highest BCUT2D eigenvalue weighted by Gasteiger charge is 2.32. The molecule has 2 aromatic carbocycles. The van der Waals surface area contributed by atoms with E-state index in [1.165, 1.54) is 6.20 Å². The van der Waals surface area contributed by atoms with Crippen molar-refractivity contribution >= 4 is 39.6 Å². The molecule has 0 spiro atoms. The molecule has 4 rings (SSSR count). The largest absolute Gasteiger partial charge is 0.507 e. The standard InChI is InChI=1S/C20H13ClF3N3O2/c21-15-7-11(20(22,23)24)9-27-10-12(25-19(15)27)8-18(29)26-16-5-1-4-14-13(16)3-2-6-17(14)28/h1-7,9-10,28H,8H2,(H,26,29). The van der Waals surface area contributed by atoms with E-state index < -0.39 is 17.6 Å². The van der Waals surface area contributed by atoms with Crippen molar-refractivity contribution in [1.82, 2.24) is 9.38 Å². The van der Waals surface area contributed by atoms with E-state index in [1.54, 1.807) is 36.4 Å². The molecule has 2 heterocycles. The highest BCUT2D eigenvalue weighted by atomic mass is 35.5. The van der Waals surface area contributed by atoms with Crippen molar-refractivity contribution in [2.75, 3.05) is 5.32 Å². The molecule has 0 bridgehead atoms. The molecule has 0 aliphatic heterocycles. The van der Waals surface area contributed by atoms with E-state index in [-0.39, 0.29) is 28.5 Å². The number of benzene rings is 2. The molecule has 0 saturated heterocycles. The lowest BCUT2D eigenvalue weighted by molar-refractivity contribution is -0.137. The van der Waals surface area contributed by atoms with Crippen LogP contribution in [0.4, 0.5) is 18.9 Å². The van der Waals surface area contributed by atoms with Crippen molar-refractivity contribution in [2.24, 2.45) is 0 Å². The molecule has 29 heavy (non-hydrogen) atoms. The number of nitrogens with one attached hydrogen (secondary N) is 1. The third kappa shape index (κ3) is 3.71. The summed E-state index contributed by atoms with van der Waals surface area (Å²) in [5, 5.41) is 13.8. The maximum absolute atomic E-state index is 12.9. The number of hydrogen-bond acceptors (Lipinski definition) is 3. The van der Waals surface area contributed by atoms with Crippen LogP contribution in [0.5, 0.6) is 5.75 Å². The van der Waals surface area contributed by atoms with Gasteiger partial charge in [0.15, 0.2) is 5.65 Å². The summed E-state index contributed by atoms with van der Waals surface area (Å²) in [5.41, 5.74) is 0.00729. The fourth-order valence-electron chi connectivity index (χ4n) is 3.11. The first-order chi connectivity index (χ1) is 13.7. The van der Waals surface area contributed by atoms with Gasteiger partial charge < -0.3 is 14.8 Å². The van der Waals surface area contributed by atoms with E-state index in [1.807, 2.05) is 0 Å². The minimum absolute atomic E-state index is 0.0917. The molecule has 0 aliphatic rings. The van der Waals surface area contributed by atoms with Crippen LogP contribution in [0.2, 0.25) is 5.02 Å². The molecule has 2 aromatic heterocycles. The number of alkyl halides is 3. The van der Waals surface area contributed by atoms with Crippen LogP contribution in [0.25, 0.3) is 16.4 Å². The van der Waals surface area contributed by atoms with Gasteiger partial charge in [-0.1, -0.05) is 35.9 Å². The van der Waals surface area contributed by atoms with E-state index >= 15 is 0 Å². The molecule has 2 N–H and O–H groups in total. The molecule has 0 unspecified atom stereocenters. The molecule has 0 saturated carbocycles. The average molecular weight is 420 g/mol. The first-order valence-electron chi connectivity index (χ1n) is 8.47. The summed E-state index contributed by atoms with van der Waals surface area (Å²) in [5.74, 6) is -0.314. The number of hydrogen-bond donors (Lipinski definition) is 2. The van der Waals surface area contributed by atoms with Crippen LogP contribution in [-0.2, 0) is 17.4 Å². The van der Waals surface area contributed by atoms with Crippen molar-refractivity contribution in [3.63, 3.8) is 0 Å². The first kappa shape index (κ1) is 19.1. The number of phenols is 1. The topological polar surface area (TPSA) is 66.6 Å². The van der Waals surface area contributed by atoms with Gasteiger partial charge in [-0.25, -0.2) is 4.98 Å². The van der Waals surface area contributed by atoms with Crippen LogP contribution < -0.4 is 5.32 Å². The van der Waals surface area contributed by atoms with E-state index in [0.29, 0.717) is 16.5 Å². The second kappa shape index (κ2) is 6.97. The number of halogens is 4. The summed E-state index contributed by atoms with van der Waals surface area (Å²) in [6.07, 6.45) is -2.48. The number of carbonyl (C=O) groups is 1. The fraction of sp³-hybridized carbons (Fsp3) is 0.100. The van der Waals surface area contributed by atoms with E-state index in [2.05, 4.69) is 10.3 Å². The lowest BCUT2D eigenvalue weighted by atomic mass is 10.1. The quantitative estimate of drug-likeness (QED) is 0.488. The summed E-state index contributed by atoms with van der Waals surface area (Å²) in [6.45, 7) is 0. The van der Waals surface area contributed by atoms with E-state index in [4.69, 9.17) is 11.6 Å². The van der Waals surface area contributed by atoms with Gasteiger partial charge in [-0.3, -0.25) is 4.79 Å². The number of fused-ring (bicyclic) bond motifs is 2. The number of pyridine rings is 1. The normalized spacial score (nSPS) is 11.9. The molecule has 0 fully saturated rings. The van der Waals surface area contributed by atoms with Crippen molar-refractivity contribution in [3.05, 3.63) is 71.1 Å². The van der Waals surface area contributed by atoms with Crippen LogP contribution in [0, 0.1) is 0 Å². The van der Waals surface area contributed by atoms with Gasteiger partial charge in [0.2, 0.25) is 5.91 Å². The van der Waals surface area contributed by atoms with Gasteiger partial charge >= 0.3 is 6.18 Å². The van der Waals surface area contributed by atoms with Gasteiger partial charge in [-0.05, 0) is 18.2 Å². The maximum atomic E-state index is 12.9. The zero-order valence-corrected chi connectivity index (χ0v) is 15.4. The maximum Gasteiger partial charge on any atom is 0.417 e. The molecular formula is C20H13ClF3N3O2. The summed E-state index contributed by atoms with van der Waals surface area (Å²) in [4.78, 5) is 16.6. The van der Waals surface area contributed by atoms with Crippen LogP contribution in [0.1, 0.15) is 11.3 Å². The number of rotatable bonds is 3. The number of phenolic OH excluding ortho intramolecular Hbond substituents is 1. The smallest absolute Gasteiger partial charge is 0.417 e. The lowest BCUT2D eigenvalue weighted by Crippen LogP contribution is -2.14. The number of nitrogens with zero attached hydrogens (tertiary/aromatic N) is 2. The number of aromatic nitrogens is 2. The van der Waals surface area contributed by atoms with Crippen LogP contribution in [-0.4, -0.2) is 20.4 Å². The Morgan fingerprint density at radius 2 is 1.86 bits per heavy atom. The minimum atomic E-state index is -4.54. The second-order valence-electron chi connectivity index (χ2n) is 6.44. The van der Waals surface area contributed by atoms with Gasteiger partial charge in [-0.2, -0.15) is 13.2 Å². The minimum Gasteiger partial charge on any atom is -0.507 e. The summed E-state index contributed by atoms with van der Waals surface area (Å²) in [6, 6.07) is 10.9. The molecule has 5 nitrogen and oxygen atoms in total. The average Bonchev–Trinajstić information content (AvgIpc) is 3.05. The van der Waals surface area contributed by atoms with Crippen molar-refractivity contribution < 1.29 is 23.1 Å². The Morgan fingerprint density at radius 3 is 2.62 bits per heavy atom. The summed E-state index contributed by atoms with van der Waals surface area (Å²) >= 11 is 5.92. The van der Waals surface area contributed by atoms with Crippen molar-refractivity contribution in [1.29, 1.82) is 0 Å². The van der Waals surface area contributed by atoms with Gasteiger partial charge in [-0.15, -0.1) is 0 Å². The number of aromatic hydroxyl groups is 1. The molecule has 0 aliphatic carbocycles. The first-order valence-corrected chi connectivity index (χ1v) is 8.85. The third-order valence-corrected chi connectivity index (χ3v) is 4.68. The number of carbonyl (C=O) groups excluding carboxylic acids is 1. The molecule has 1 amide bonds. The van der Waals surface area contributed by atoms with Gasteiger partial charge in [0, 0.05) is 28.9 Å². The molecule has 9 heteroatoms. The van der Waals surface area contributed by atoms with E-state index in [9.17, 15) is 23.1 Å². The fourth-order valence-corrected chi connectivity index (χ4v) is 3.37. The summed E-state index contributed by atoms with van der Waals surface area (Å²) in [7, 11) is 0. The van der Waals surface area contributed by atoms with Gasteiger partial charge in [0.05, 0.1) is 22.7 Å². The Balaban J connectivity index is 1.60. The highest BCUT2D eigenvalue weighted by Crippen LogP contribution is 2.32. The number of imidazole rings is 1. The van der Waals surface area contributed by atoms with E-state index in [0.717, 1.165) is 16.7 Å². The third-order valence-electron chi connectivity index (χ3n) is 4.40. The predicted octanol–water partition coefficient (Wildman–Crippen LogP) is 5.05. The van der Waals surface area contributed by atoms with Gasteiger partial charge in [0.25, 0.3) is 0 Å². The molecule has 0 atom stereocenters. The molecule has 148 valence electrons. The molecule has 4 aromatic rings. The Kier molecular flexibility index (Phi) is 4.58. The van der Waals surface area contributed by atoms with Crippen LogP contribution in [0.15, 0.2) is 54.9 Å². The van der Waals surface area contributed by atoms with Crippen LogP contribution >= 0.6 is 11.6 Å². The Labute approximate surface area is 167 Å². The lowest BCUT2D eigenvalue weighted by Gasteiger charge is -2.09. The van der Waals surface area contributed by atoms with Crippen LogP contribution in [0.3, 0.4) is 0 Å². The monoisotopic (exact) mass is 419 g/mol. The Bertz CT molecular complexity index is 1250. The number of amides is 1. The highest BCUT2D eigenvalue weighted by molar-refractivity contribution is 6.33. The second-order valence-corrected chi connectivity index (χ2v) is 6.85. The van der Waals surface area contributed by atoms with Crippen molar-refractivity contribution in [2.45, 2.75) is 12.6 Å². The SMILES string of the molecule is O=C(Cc1cn2cc(C(F)(F)F)cc(Cl)c2n1)Nc1cccc2c(O)cccc12.